The molecule has 0 aliphatic carbocycles. The van der Waals surface area contributed by atoms with Crippen molar-refractivity contribution in [2.75, 3.05) is 19.6 Å². The van der Waals surface area contributed by atoms with Crippen LogP contribution in [0, 0.1) is 6.92 Å². The van der Waals surface area contributed by atoms with E-state index in [2.05, 4.69) is 30.1 Å². The Hall–Kier alpha value is -0.800. The summed E-state index contributed by atoms with van der Waals surface area (Å²) in [6, 6.07) is 5.19. The van der Waals surface area contributed by atoms with Gasteiger partial charge in [-0.25, -0.2) is 0 Å². The Balaban J connectivity index is 2.08. The van der Waals surface area contributed by atoms with E-state index in [1.807, 2.05) is 13.0 Å². The van der Waals surface area contributed by atoms with Crippen LogP contribution in [0.15, 0.2) is 16.5 Å². The standard InChI is InChI=1S/C13H22N2O/c1-4-15(12-7-8-14-9-12)11(3)13-6-5-10(2)16-13/h5-6,11-12,14H,4,7-9H2,1-3H3. The van der Waals surface area contributed by atoms with Crippen LogP contribution < -0.4 is 5.32 Å². The summed E-state index contributed by atoms with van der Waals surface area (Å²) in [6.45, 7) is 9.80. The van der Waals surface area contributed by atoms with E-state index in [1.54, 1.807) is 0 Å². The number of likely N-dealkylation sites (N-methyl/N-ethyl adjacent to an activating group) is 1. The van der Waals surface area contributed by atoms with Crippen LogP contribution >= 0.6 is 0 Å². The van der Waals surface area contributed by atoms with Crippen LogP contribution in [0.3, 0.4) is 0 Å². The molecule has 0 saturated carbocycles. The SMILES string of the molecule is CCN(C1CCNC1)C(C)c1ccc(C)o1. The number of hydrogen-bond donors (Lipinski definition) is 1. The van der Waals surface area contributed by atoms with Gasteiger partial charge in [0.2, 0.25) is 0 Å². The lowest BCUT2D eigenvalue weighted by Gasteiger charge is -2.31. The second-order valence-electron chi connectivity index (χ2n) is 4.60. The maximum atomic E-state index is 5.73. The van der Waals surface area contributed by atoms with Crippen LogP contribution in [0.4, 0.5) is 0 Å². The van der Waals surface area contributed by atoms with Gasteiger partial charge in [0.05, 0.1) is 6.04 Å². The van der Waals surface area contributed by atoms with Gasteiger partial charge in [-0.3, -0.25) is 4.90 Å². The third kappa shape index (κ3) is 2.30. The van der Waals surface area contributed by atoms with Gasteiger partial charge in [-0.15, -0.1) is 0 Å². The van der Waals surface area contributed by atoms with Gasteiger partial charge in [0.15, 0.2) is 0 Å². The van der Waals surface area contributed by atoms with E-state index in [9.17, 15) is 0 Å². The zero-order chi connectivity index (χ0) is 11.5. The van der Waals surface area contributed by atoms with Crippen molar-refractivity contribution >= 4 is 0 Å². The number of nitrogens with one attached hydrogen (secondary N) is 1. The molecule has 1 aromatic heterocycles. The quantitative estimate of drug-likeness (QED) is 0.847. The molecule has 90 valence electrons. The van der Waals surface area contributed by atoms with E-state index < -0.39 is 0 Å². The summed E-state index contributed by atoms with van der Waals surface area (Å²) in [5.41, 5.74) is 0. The van der Waals surface area contributed by atoms with Crippen molar-refractivity contribution in [3.8, 4) is 0 Å². The van der Waals surface area contributed by atoms with Crippen molar-refractivity contribution in [1.29, 1.82) is 0 Å². The lowest BCUT2D eigenvalue weighted by atomic mass is 10.1. The van der Waals surface area contributed by atoms with Crippen LogP contribution in [0.1, 0.15) is 37.8 Å². The summed E-state index contributed by atoms with van der Waals surface area (Å²) in [5.74, 6) is 2.09. The highest BCUT2D eigenvalue weighted by Gasteiger charge is 2.27. The number of rotatable bonds is 4. The summed E-state index contributed by atoms with van der Waals surface area (Å²) < 4.78 is 5.73. The molecule has 3 heteroatoms. The number of hydrogen-bond acceptors (Lipinski definition) is 3. The maximum Gasteiger partial charge on any atom is 0.121 e. The number of aryl methyl sites for hydroxylation is 1. The van der Waals surface area contributed by atoms with Crippen molar-refractivity contribution < 1.29 is 4.42 Å². The number of furan rings is 1. The lowest BCUT2D eigenvalue weighted by molar-refractivity contribution is 0.144. The molecular weight excluding hydrogens is 200 g/mol. The van der Waals surface area contributed by atoms with Crippen molar-refractivity contribution in [3.63, 3.8) is 0 Å². The van der Waals surface area contributed by atoms with Gasteiger partial charge in [-0.1, -0.05) is 6.92 Å². The maximum absolute atomic E-state index is 5.73. The highest BCUT2D eigenvalue weighted by molar-refractivity contribution is 5.09. The summed E-state index contributed by atoms with van der Waals surface area (Å²) in [5, 5.41) is 3.43. The van der Waals surface area contributed by atoms with Crippen LogP contribution in [0.25, 0.3) is 0 Å². The van der Waals surface area contributed by atoms with Crippen LogP contribution in [-0.4, -0.2) is 30.6 Å². The summed E-state index contributed by atoms with van der Waals surface area (Å²) in [6.07, 6.45) is 1.25. The minimum atomic E-state index is 0.378. The molecule has 0 aromatic carbocycles. The van der Waals surface area contributed by atoms with Crippen molar-refractivity contribution in [2.24, 2.45) is 0 Å². The molecule has 0 spiro atoms. The normalized spacial score (nSPS) is 22.9. The Bertz CT molecular complexity index is 328. The van der Waals surface area contributed by atoms with Crippen molar-refractivity contribution in [3.05, 3.63) is 23.7 Å². The second-order valence-corrected chi connectivity index (χ2v) is 4.60. The van der Waals surface area contributed by atoms with E-state index >= 15 is 0 Å². The molecule has 2 heterocycles. The first-order valence-corrected chi connectivity index (χ1v) is 6.25. The average Bonchev–Trinajstić information content (AvgIpc) is 2.90. The molecule has 1 aromatic rings. The van der Waals surface area contributed by atoms with Crippen LogP contribution in [0.5, 0.6) is 0 Å². The Morgan fingerprint density at radius 1 is 1.56 bits per heavy atom. The molecule has 1 aliphatic rings. The highest BCUT2D eigenvalue weighted by atomic mass is 16.3. The Morgan fingerprint density at radius 3 is 2.88 bits per heavy atom. The molecule has 2 atom stereocenters. The fourth-order valence-corrected chi connectivity index (χ4v) is 2.61. The van der Waals surface area contributed by atoms with E-state index in [4.69, 9.17) is 4.42 Å². The fraction of sp³-hybridized carbons (Fsp3) is 0.692. The first kappa shape index (κ1) is 11.7. The molecular formula is C13H22N2O. The predicted octanol–water partition coefficient (Wildman–Crippen LogP) is 2.33. The summed E-state index contributed by atoms with van der Waals surface area (Å²) in [4.78, 5) is 2.53. The highest BCUT2D eigenvalue weighted by Crippen LogP contribution is 2.25. The average molecular weight is 222 g/mol. The zero-order valence-corrected chi connectivity index (χ0v) is 10.5. The minimum Gasteiger partial charge on any atom is -0.465 e. The van der Waals surface area contributed by atoms with E-state index in [0.717, 1.165) is 31.2 Å². The van der Waals surface area contributed by atoms with Gasteiger partial charge >= 0.3 is 0 Å². The Labute approximate surface area is 97.8 Å². The minimum absolute atomic E-state index is 0.378. The van der Waals surface area contributed by atoms with E-state index in [-0.39, 0.29) is 0 Å². The topological polar surface area (TPSA) is 28.4 Å². The first-order valence-electron chi connectivity index (χ1n) is 6.25. The smallest absolute Gasteiger partial charge is 0.121 e. The Morgan fingerprint density at radius 2 is 2.38 bits per heavy atom. The van der Waals surface area contributed by atoms with Gasteiger partial charge in [-0.05, 0) is 45.5 Å². The van der Waals surface area contributed by atoms with Gasteiger partial charge in [0.1, 0.15) is 11.5 Å². The van der Waals surface area contributed by atoms with Gasteiger partial charge in [0, 0.05) is 12.6 Å². The molecule has 3 nitrogen and oxygen atoms in total. The third-order valence-corrected chi connectivity index (χ3v) is 3.54. The third-order valence-electron chi connectivity index (χ3n) is 3.54. The van der Waals surface area contributed by atoms with Gasteiger partial charge in [0.25, 0.3) is 0 Å². The lowest BCUT2D eigenvalue weighted by Crippen LogP contribution is -2.38. The molecule has 1 saturated heterocycles. The summed E-state index contributed by atoms with van der Waals surface area (Å²) >= 11 is 0. The molecule has 1 N–H and O–H groups in total. The Kier molecular flexibility index (Phi) is 3.66. The molecule has 1 fully saturated rings. The largest absolute Gasteiger partial charge is 0.465 e. The van der Waals surface area contributed by atoms with Gasteiger partial charge < -0.3 is 9.73 Å². The monoisotopic (exact) mass is 222 g/mol. The molecule has 0 radical (unpaired) electrons. The molecule has 16 heavy (non-hydrogen) atoms. The predicted molar refractivity (Wildman–Crippen MR) is 65.5 cm³/mol. The molecule has 2 unspecified atom stereocenters. The number of nitrogens with zero attached hydrogens (tertiary/aromatic N) is 1. The summed E-state index contributed by atoms with van der Waals surface area (Å²) in [7, 11) is 0. The molecule has 2 rings (SSSR count). The fourth-order valence-electron chi connectivity index (χ4n) is 2.61. The van der Waals surface area contributed by atoms with E-state index in [0.29, 0.717) is 12.1 Å². The molecule has 1 aliphatic heterocycles. The van der Waals surface area contributed by atoms with Crippen LogP contribution in [-0.2, 0) is 0 Å². The second kappa shape index (κ2) is 5.02. The zero-order valence-electron chi connectivity index (χ0n) is 10.5. The van der Waals surface area contributed by atoms with Crippen LogP contribution in [0.2, 0.25) is 0 Å². The molecule has 0 bridgehead atoms. The first-order chi connectivity index (χ1) is 7.72. The van der Waals surface area contributed by atoms with E-state index in [1.165, 1.54) is 6.42 Å². The van der Waals surface area contributed by atoms with Crippen molar-refractivity contribution in [2.45, 2.75) is 39.3 Å². The molecule has 0 amide bonds. The van der Waals surface area contributed by atoms with Gasteiger partial charge in [-0.2, -0.15) is 0 Å². The van der Waals surface area contributed by atoms with Crippen molar-refractivity contribution in [1.82, 2.24) is 10.2 Å².